The monoisotopic (exact) mass is 298 g/mol. The molecule has 2 unspecified atom stereocenters. The number of ketones is 1. The van der Waals surface area contributed by atoms with Crippen molar-refractivity contribution in [2.75, 3.05) is 0 Å². The molecule has 0 spiro atoms. The lowest BCUT2D eigenvalue weighted by molar-refractivity contribution is 0.0864. The van der Waals surface area contributed by atoms with Crippen molar-refractivity contribution in [1.29, 1.82) is 0 Å². The van der Waals surface area contributed by atoms with Gasteiger partial charge in [-0.1, -0.05) is 25.8 Å². The maximum absolute atomic E-state index is 13.8. The van der Waals surface area contributed by atoms with Crippen LogP contribution < -0.4 is 0 Å². The van der Waals surface area contributed by atoms with Gasteiger partial charge in [0.25, 0.3) is 0 Å². The standard InChI is InChI=1S/C14H16BrFO/c1-9-4-2-5-10(8-9)14(17)11-6-3-7-12(15)13(11)16/h3,6-7,9-10H,2,4-5,8H2,1H3. The molecule has 0 amide bonds. The average molecular weight is 299 g/mol. The van der Waals surface area contributed by atoms with Gasteiger partial charge in [-0.25, -0.2) is 4.39 Å². The Labute approximate surface area is 110 Å². The Hall–Kier alpha value is -0.700. The summed E-state index contributed by atoms with van der Waals surface area (Å²) in [5, 5.41) is 0. The molecular formula is C14H16BrFO. The Kier molecular flexibility index (Phi) is 3.97. The third-order valence-electron chi connectivity index (χ3n) is 3.52. The van der Waals surface area contributed by atoms with Crippen LogP contribution in [0.2, 0.25) is 0 Å². The molecule has 17 heavy (non-hydrogen) atoms. The molecule has 1 nitrogen and oxygen atoms in total. The number of benzene rings is 1. The first-order valence-corrected chi connectivity index (χ1v) is 6.87. The van der Waals surface area contributed by atoms with Crippen LogP contribution in [0.3, 0.4) is 0 Å². The summed E-state index contributed by atoms with van der Waals surface area (Å²) in [5.74, 6) is 0.126. The lowest BCUT2D eigenvalue weighted by Crippen LogP contribution is -2.22. The van der Waals surface area contributed by atoms with Gasteiger partial charge in [-0.15, -0.1) is 0 Å². The number of carbonyl (C=O) groups is 1. The van der Waals surface area contributed by atoms with E-state index in [4.69, 9.17) is 0 Å². The molecule has 0 aromatic heterocycles. The van der Waals surface area contributed by atoms with Gasteiger partial charge in [0.05, 0.1) is 10.0 Å². The fraction of sp³-hybridized carbons (Fsp3) is 0.500. The smallest absolute Gasteiger partial charge is 0.168 e. The molecular weight excluding hydrogens is 283 g/mol. The Morgan fingerprint density at radius 2 is 2.18 bits per heavy atom. The van der Waals surface area contributed by atoms with Gasteiger partial charge < -0.3 is 0 Å². The summed E-state index contributed by atoms with van der Waals surface area (Å²) in [5.41, 5.74) is 0.235. The van der Waals surface area contributed by atoms with Crippen LogP contribution in [0.5, 0.6) is 0 Å². The molecule has 1 aliphatic carbocycles. The second-order valence-electron chi connectivity index (χ2n) is 4.93. The molecule has 1 aliphatic rings. The number of Topliss-reactive ketones (excluding diaryl/α,β-unsaturated/α-hetero) is 1. The van der Waals surface area contributed by atoms with Crippen LogP contribution in [0.4, 0.5) is 4.39 Å². The zero-order chi connectivity index (χ0) is 12.4. The molecule has 3 heteroatoms. The van der Waals surface area contributed by atoms with Crippen molar-refractivity contribution >= 4 is 21.7 Å². The topological polar surface area (TPSA) is 17.1 Å². The van der Waals surface area contributed by atoms with E-state index in [1.165, 1.54) is 6.42 Å². The first kappa shape index (κ1) is 12.7. The average Bonchev–Trinajstić information content (AvgIpc) is 2.32. The van der Waals surface area contributed by atoms with Gasteiger partial charge in [-0.2, -0.15) is 0 Å². The molecule has 0 radical (unpaired) electrons. The summed E-state index contributed by atoms with van der Waals surface area (Å²) >= 11 is 3.12. The number of hydrogen-bond acceptors (Lipinski definition) is 1. The zero-order valence-electron chi connectivity index (χ0n) is 9.88. The van der Waals surface area contributed by atoms with Crippen LogP contribution in [0.1, 0.15) is 43.0 Å². The van der Waals surface area contributed by atoms with Crippen molar-refractivity contribution in [3.63, 3.8) is 0 Å². The Morgan fingerprint density at radius 1 is 1.41 bits per heavy atom. The van der Waals surface area contributed by atoms with E-state index in [1.807, 2.05) is 0 Å². The van der Waals surface area contributed by atoms with Gasteiger partial charge in [0.15, 0.2) is 5.78 Å². The van der Waals surface area contributed by atoms with Crippen molar-refractivity contribution < 1.29 is 9.18 Å². The summed E-state index contributed by atoms with van der Waals surface area (Å²) < 4.78 is 14.2. The first-order chi connectivity index (χ1) is 8.09. The van der Waals surface area contributed by atoms with Gasteiger partial charge >= 0.3 is 0 Å². The van der Waals surface area contributed by atoms with Crippen LogP contribution in [-0.2, 0) is 0 Å². The van der Waals surface area contributed by atoms with Crippen LogP contribution in [0.25, 0.3) is 0 Å². The van der Waals surface area contributed by atoms with E-state index < -0.39 is 5.82 Å². The largest absolute Gasteiger partial charge is 0.294 e. The molecule has 0 N–H and O–H groups in total. The molecule has 0 aliphatic heterocycles. The van der Waals surface area contributed by atoms with Crippen LogP contribution in [-0.4, -0.2) is 5.78 Å². The zero-order valence-corrected chi connectivity index (χ0v) is 11.5. The second-order valence-corrected chi connectivity index (χ2v) is 5.79. The lowest BCUT2D eigenvalue weighted by atomic mass is 9.79. The van der Waals surface area contributed by atoms with Crippen molar-refractivity contribution in [3.8, 4) is 0 Å². The Bertz CT molecular complexity index is 430. The van der Waals surface area contributed by atoms with E-state index in [9.17, 15) is 9.18 Å². The Balaban J connectivity index is 2.22. The van der Waals surface area contributed by atoms with Gasteiger partial charge in [0.2, 0.25) is 0 Å². The summed E-state index contributed by atoms with van der Waals surface area (Å²) in [6.07, 6.45) is 4.05. The van der Waals surface area contributed by atoms with Gasteiger partial charge in [-0.05, 0) is 46.8 Å². The molecule has 1 fully saturated rings. The molecule has 92 valence electrons. The minimum atomic E-state index is -0.421. The SMILES string of the molecule is CC1CCCC(C(=O)c2cccc(Br)c2F)C1. The minimum absolute atomic E-state index is 0.00236. The lowest BCUT2D eigenvalue weighted by Gasteiger charge is -2.25. The highest BCUT2D eigenvalue weighted by Crippen LogP contribution is 2.32. The second kappa shape index (κ2) is 5.30. The first-order valence-electron chi connectivity index (χ1n) is 6.08. The number of rotatable bonds is 2. The highest BCUT2D eigenvalue weighted by atomic mass is 79.9. The van der Waals surface area contributed by atoms with Gasteiger partial charge in [-0.3, -0.25) is 4.79 Å². The molecule has 0 heterocycles. The number of halogens is 2. The van der Waals surface area contributed by atoms with E-state index in [2.05, 4.69) is 22.9 Å². The van der Waals surface area contributed by atoms with E-state index in [0.717, 1.165) is 19.3 Å². The predicted molar refractivity (Wildman–Crippen MR) is 69.6 cm³/mol. The fourth-order valence-corrected chi connectivity index (χ4v) is 2.95. The van der Waals surface area contributed by atoms with E-state index in [-0.39, 0.29) is 17.3 Å². The van der Waals surface area contributed by atoms with E-state index in [0.29, 0.717) is 10.4 Å². The fourth-order valence-electron chi connectivity index (χ4n) is 2.59. The molecule has 2 rings (SSSR count). The van der Waals surface area contributed by atoms with E-state index >= 15 is 0 Å². The van der Waals surface area contributed by atoms with Crippen LogP contribution in [0, 0.1) is 17.7 Å². The van der Waals surface area contributed by atoms with Gasteiger partial charge in [0.1, 0.15) is 5.82 Å². The maximum Gasteiger partial charge on any atom is 0.168 e. The molecule has 1 saturated carbocycles. The van der Waals surface area contributed by atoms with Crippen LogP contribution in [0.15, 0.2) is 22.7 Å². The molecule has 0 saturated heterocycles. The Morgan fingerprint density at radius 3 is 2.88 bits per heavy atom. The van der Waals surface area contributed by atoms with Crippen molar-refractivity contribution in [3.05, 3.63) is 34.1 Å². The summed E-state index contributed by atoms with van der Waals surface area (Å²) in [6, 6.07) is 4.92. The third-order valence-corrected chi connectivity index (χ3v) is 4.14. The van der Waals surface area contributed by atoms with Crippen molar-refractivity contribution in [1.82, 2.24) is 0 Å². The molecule has 1 aromatic rings. The molecule has 0 bridgehead atoms. The molecule has 1 aromatic carbocycles. The summed E-state index contributed by atoms with van der Waals surface area (Å²) in [4.78, 5) is 12.3. The number of carbonyl (C=O) groups excluding carboxylic acids is 1. The van der Waals surface area contributed by atoms with Crippen LogP contribution >= 0.6 is 15.9 Å². The van der Waals surface area contributed by atoms with E-state index in [1.54, 1.807) is 18.2 Å². The predicted octanol–water partition coefficient (Wildman–Crippen LogP) is 4.60. The maximum atomic E-state index is 13.8. The summed E-state index contributed by atoms with van der Waals surface area (Å²) in [7, 11) is 0. The molecule has 2 atom stereocenters. The highest BCUT2D eigenvalue weighted by Gasteiger charge is 2.27. The minimum Gasteiger partial charge on any atom is -0.294 e. The van der Waals surface area contributed by atoms with Gasteiger partial charge in [0, 0.05) is 5.92 Å². The number of hydrogen-bond donors (Lipinski definition) is 0. The normalized spacial score (nSPS) is 24.6. The third kappa shape index (κ3) is 2.76. The quantitative estimate of drug-likeness (QED) is 0.730. The highest BCUT2D eigenvalue weighted by molar-refractivity contribution is 9.10. The van der Waals surface area contributed by atoms with Crippen molar-refractivity contribution in [2.45, 2.75) is 32.6 Å². The summed E-state index contributed by atoms with van der Waals surface area (Å²) in [6.45, 7) is 2.16. The van der Waals surface area contributed by atoms with Crippen molar-refractivity contribution in [2.24, 2.45) is 11.8 Å².